The molecular formula is C20H18N4. The van der Waals surface area contributed by atoms with Crippen molar-refractivity contribution in [3.63, 3.8) is 0 Å². The van der Waals surface area contributed by atoms with Gasteiger partial charge in [-0.15, -0.1) is 0 Å². The Hall–Kier alpha value is -3.14. The van der Waals surface area contributed by atoms with Gasteiger partial charge in [0.1, 0.15) is 5.69 Å². The first-order valence-electron chi connectivity index (χ1n) is 7.97. The summed E-state index contributed by atoms with van der Waals surface area (Å²) in [7, 11) is 0. The van der Waals surface area contributed by atoms with Gasteiger partial charge < -0.3 is 0 Å². The molecule has 0 unspecified atom stereocenters. The maximum atomic E-state index is 4.88. The number of rotatable bonds is 3. The van der Waals surface area contributed by atoms with Crippen LogP contribution in [0, 0.1) is 13.8 Å². The predicted octanol–water partition coefficient (Wildman–Crippen LogP) is 4.55. The zero-order chi connectivity index (χ0) is 16.5. The number of aromatic amines is 1. The first-order chi connectivity index (χ1) is 11.7. The standard InChI is InChI=1S/C20H18N4/c1-14-20(15(2)22-21-14)24-19(17-11-7-4-8-12-17)13-18(23-24)16-9-5-3-6-10-16/h3-13H,1-2H3,(H,21,22). The van der Waals surface area contributed by atoms with E-state index in [4.69, 9.17) is 5.10 Å². The predicted molar refractivity (Wildman–Crippen MR) is 96.1 cm³/mol. The third-order valence-corrected chi connectivity index (χ3v) is 4.15. The third-order valence-electron chi connectivity index (χ3n) is 4.15. The molecule has 2 heterocycles. The number of hydrogen-bond acceptors (Lipinski definition) is 2. The molecule has 4 aromatic rings. The summed E-state index contributed by atoms with van der Waals surface area (Å²) in [5.41, 5.74) is 7.20. The third kappa shape index (κ3) is 2.42. The highest BCUT2D eigenvalue weighted by atomic mass is 15.3. The Morgan fingerprint density at radius 3 is 2.04 bits per heavy atom. The fourth-order valence-electron chi connectivity index (χ4n) is 2.97. The molecule has 1 N–H and O–H groups in total. The first-order valence-corrected chi connectivity index (χ1v) is 7.97. The Labute approximate surface area is 140 Å². The molecule has 0 saturated heterocycles. The summed E-state index contributed by atoms with van der Waals surface area (Å²) in [6.45, 7) is 4.02. The highest BCUT2D eigenvalue weighted by Crippen LogP contribution is 2.30. The van der Waals surface area contributed by atoms with Crippen molar-refractivity contribution in [3.05, 3.63) is 78.1 Å². The fourth-order valence-corrected chi connectivity index (χ4v) is 2.97. The van der Waals surface area contributed by atoms with E-state index >= 15 is 0 Å². The summed E-state index contributed by atoms with van der Waals surface area (Å²) in [5, 5.41) is 12.3. The first kappa shape index (κ1) is 14.5. The molecule has 0 spiro atoms. The molecule has 118 valence electrons. The average Bonchev–Trinajstić information content (AvgIpc) is 3.20. The van der Waals surface area contributed by atoms with Gasteiger partial charge in [0.25, 0.3) is 0 Å². The fraction of sp³-hybridized carbons (Fsp3) is 0.100. The van der Waals surface area contributed by atoms with Gasteiger partial charge in [0, 0.05) is 11.1 Å². The highest BCUT2D eigenvalue weighted by molar-refractivity contribution is 5.71. The van der Waals surface area contributed by atoms with Crippen LogP contribution in [0.2, 0.25) is 0 Å². The maximum absolute atomic E-state index is 4.88. The molecule has 0 atom stereocenters. The van der Waals surface area contributed by atoms with Gasteiger partial charge in [-0.3, -0.25) is 5.10 Å². The smallest absolute Gasteiger partial charge is 0.109 e. The van der Waals surface area contributed by atoms with E-state index in [9.17, 15) is 0 Å². The van der Waals surface area contributed by atoms with E-state index in [0.29, 0.717) is 0 Å². The lowest BCUT2D eigenvalue weighted by molar-refractivity contribution is 0.877. The van der Waals surface area contributed by atoms with E-state index in [1.54, 1.807) is 0 Å². The molecule has 0 aliphatic carbocycles. The van der Waals surface area contributed by atoms with Gasteiger partial charge in [-0.25, -0.2) is 4.68 Å². The molecular weight excluding hydrogens is 296 g/mol. The summed E-state index contributed by atoms with van der Waals surface area (Å²) < 4.78 is 1.99. The Morgan fingerprint density at radius 2 is 1.46 bits per heavy atom. The summed E-state index contributed by atoms with van der Waals surface area (Å²) in [4.78, 5) is 0. The van der Waals surface area contributed by atoms with Gasteiger partial charge in [0.2, 0.25) is 0 Å². The minimum Gasteiger partial charge on any atom is -0.280 e. The monoisotopic (exact) mass is 314 g/mol. The number of benzene rings is 2. The Balaban J connectivity index is 1.96. The molecule has 24 heavy (non-hydrogen) atoms. The van der Waals surface area contributed by atoms with Crippen LogP contribution in [0.3, 0.4) is 0 Å². The summed E-state index contributed by atoms with van der Waals surface area (Å²) >= 11 is 0. The molecule has 4 heteroatoms. The van der Waals surface area contributed by atoms with Gasteiger partial charge in [0.05, 0.1) is 22.8 Å². The summed E-state index contributed by atoms with van der Waals surface area (Å²) in [5.74, 6) is 0. The van der Waals surface area contributed by atoms with Crippen LogP contribution in [0.15, 0.2) is 66.7 Å². The molecule has 0 fully saturated rings. The van der Waals surface area contributed by atoms with E-state index in [2.05, 4.69) is 40.5 Å². The van der Waals surface area contributed by atoms with Gasteiger partial charge in [-0.2, -0.15) is 10.2 Å². The van der Waals surface area contributed by atoms with Crippen molar-refractivity contribution in [3.8, 4) is 28.2 Å². The Morgan fingerprint density at radius 1 is 0.833 bits per heavy atom. The van der Waals surface area contributed by atoms with Crippen LogP contribution in [0.5, 0.6) is 0 Å². The average molecular weight is 314 g/mol. The van der Waals surface area contributed by atoms with E-state index < -0.39 is 0 Å². The Kier molecular flexibility index (Phi) is 3.50. The van der Waals surface area contributed by atoms with Crippen LogP contribution in [0.4, 0.5) is 0 Å². The molecule has 2 aromatic carbocycles. The zero-order valence-electron chi connectivity index (χ0n) is 13.7. The summed E-state index contributed by atoms with van der Waals surface area (Å²) in [6, 6.07) is 22.7. The number of H-pyrrole nitrogens is 1. The normalized spacial score (nSPS) is 10.9. The second kappa shape index (κ2) is 5.81. The van der Waals surface area contributed by atoms with Crippen molar-refractivity contribution < 1.29 is 0 Å². The zero-order valence-corrected chi connectivity index (χ0v) is 13.7. The number of aromatic nitrogens is 4. The van der Waals surface area contributed by atoms with E-state index in [1.807, 2.05) is 54.9 Å². The van der Waals surface area contributed by atoms with Gasteiger partial charge in [-0.1, -0.05) is 60.7 Å². The second-order valence-corrected chi connectivity index (χ2v) is 5.84. The second-order valence-electron chi connectivity index (χ2n) is 5.84. The number of aryl methyl sites for hydroxylation is 2. The van der Waals surface area contributed by atoms with Crippen molar-refractivity contribution in [2.75, 3.05) is 0 Å². The number of nitrogens with zero attached hydrogens (tertiary/aromatic N) is 3. The largest absolute Gasteiger partial charge is 0.280 e. The SMILES string of the molecule is Cc1n[nH]c(C)c1-n1nc(-c2ccccc2)cc1-c1ccccc1. The summed E-state index contributed by atoms with van der Waals surface area (Å²) in [6.07, 6.45) is 0. The molecule has 0 amide bonds. The lowest BCUT2D eigenvalue weighted by Gasteiger charge is -2.07. The van der Waals surface area contributed by atoms with Gasteiger partial charge >= 0.3 is 0 Å². The van der Waals surface area contributed by atoms with Crippen molar-refractivity contribution in [2.45, 2.75) is 13.8 Å². The quantitative estimate of drug-likeness (QED) is 0.603. The lowest BCUT2D eigenvalue weighted by atomic mass is 10.1. The van der Waals surface area contributed by atoms with E-state index in [-0.39, 0.29) is 0 Å². The van der Waals surface area contributed by atoms with Crippen LogP contribution in [-0.4, -0.2) is 20.0 Å². The van der Waals surface area contributed by atoms with E-state index in [1.165, 1.54) is 0 Å². The molecule has 0 saturated carbocycles. The van der Waals surface area contributed by atoms with Crippen LogP contribution in [-0.2, 0) is 0 Å². The van der Waals surface area contributed by atoms with Crippen molar-refractivity contribution in [1.82, 2.24) is 20.0 Å². The molecule has 0 aliphatic rings. The topological polar surface area (TPSA) is 46.5 Å². The highest BCUT2D eigenvalue weighted by Gasteiger charge is 2.17. The van der Waals surface area contributed by atoms with E-state index in [0.717, 1.165) is 39.6 Å². The van der Waals surface area contributed by atoms with Gasteiger partial charge in [-0.05, 0) is 19.9 Å². The van der Waals surface area contributed by atoms with Crippen LogP contribution in [0.25, 0.3) is 28.2 Å². The van der Waals surface area contributed by atoms with Crippen LogP contribution >= 0.6 is 0 Å². The molecule has 0 bridgehead atoms. The number of nitrogens with one attached hydrogen (secondary N) is 1. The lowest BCUT2D eigenvalue weighted by Crippen LogP contribution is -2.01. The van der Waals surface area contributed by atoms with Crippen molar-refractivity contribution in [1.29, 1.82) is 0 Å². The van der Waals surface area contributed by atoms with Crippen LogP contribution < -0.4 is 0 Å². The number of hydrogen-bond donors (Lipinski definition) is 1. The molecule has 0 aliphatic heterocycles. The molecule has 2 aromatic heterocycles. The molecule has 0 radical (unpaired) electrons. The van der Waals surface area contributed by atoms with Crippen molar-refractivity contribution >= 4 is 0 Å². The minimum atomic E-state index is 0.937. The minimum absolute atomic E-state index is 0.937. The molecule has 4 rings (SSSR count). The Bertz CT molecular complexity index is 946. The van der Waals surface area contributed by atoms with Crippen LogP contribution in [0.1, 0.15) is 11.4 Å². The van der Waals surface area contributed by atoms with Gasteiger partial charge in [0.15, 0.2) is 0 Å². The molecule has 4 nitrogen and oxygen atoms in total. The maximum Gasteiger partial charge on any atom is 0.109 e. The van der Waals surface area contributed by atoms with Crippen molar-refractivity contribution in [2.24, 2.45) is 0 Å².